The number of hydrogen-bond acceptors (Lipinski definition) is 3. The van der Waals surface area contributed by atoms with Gasteiger partial charge in [0, 0.05) is 5.69 Å². The smallest absolute Gasteiger partial charge is 0.377 e. The van der Waals surface area contributed by atoms with Crippen molar-refractivity contribution in [3.63, 3.8) is 0 Å². The Morgan fingerprint density at radius 3 is 2.59 bits per heavy atom. The summed E-state index contributed by atoms with van der Waals surface area (Å²) < 4.78 is 0. The molecule has 3 N–H and O–H groups in total. The number of carboxylic acids is 1. The van der Waals surface area contributed by atoms with Crippen molar-refractivity contribution in [2.45, 2.75) is 20.3 Å². The average molecular weight is 233 g/mol. The van der Waals surface area contributed by atoms with Gasteiger partial charge in [-0.05, 0) is 30.5 Å². The first-order valence-electron chi connectivity index (χ1n) is 5.32. The molecule has 1 aromatic carbocycles. The van der Waals surface area contributed by atoms with Crippen LogP contribution in [-0.4, -0.2) is 16.9 Å². The van der Waals surface area contributed by atoms with Gasteiger partial charge in [-0.2, -0.15) is 0 Å². The second-order valence-corrected chi connectivity index (χ2v) is 3.69. The molecule has 0 unspecified atom stereocenters. The summed E-state index contributed by atoms with van der Waals surface area (Å²) in [6.07, 6.45) is 4.77. The number of aliphatic carboxylic acids is 1. The van der Waals surface area contributed by atoms with Crippen LogP contribution in [0.4, 0.5) is 5.69 Å². The molecule has 0 radical (unpaired) electrons. The molecule has 90 valence electrons. The summed E-state index contributed by atoms with van der Waals surface area (Å²) in [7, 11) is 0. The first kappa shape index (κ1) is 13.0. The van der Waals surface area contributed by atoms with Crippen molar-refractivity contribution in [2.24, 2.45) is 0 Å². The van der Waals surface area contributed by atoms with Crippen molar-refractivity contribution in [3.8, 4) is 0 Å². The molecule has 0 fully saturated rings. The molecule has 0 spiro atoms. The van der Waals surface area contributed by atoms with E-state index in [0.717, 1.165) is 17.5 Å². The van der Waals surface area contributed by atoms with E-state index in [1.165, 1.54) is 6.07 Å². The Morgan fingerprint density at radius 1 is 1.41 bits per heavy atom. The van der Waals surface area contributed by atoms with Gasteiger partial charge in [0.1, 0.15) is 0 Å². The van der Waals surface area contributed by atoms with Crippen molar-refractivity contribution in [1.29, 1.82) is 0 Å². The summed E-state index contributed by atoms with van der Waals surface area (Å²) >= 11 is 0. The van der Waals surface area contributed by atoms with E-state index in [4.69, 9.17) is 10.8 Å². The van der Waals surface area contributed by atoms with Crippen LogP contribution in [0.3, 0.4) is 0 Å². The van der Waals surface area contributed by atoms with E-state index in [2.05, 4.69) is 0 Å². The Hall–Kier alpha value is -2.10. The van der Waals surface area contributed by atoms with E-state index in [1.807, 2.05) is 19.1 Å². The van der Waals surface area contributed by atoms with Gasteiger partial charge in [-0.1, -0.05) is 25.1 Å². The zero-order valence-electron chi connectivity index (χ0n) is 9.86. The van der Waals surface area contributed by atoms with Gasteiger partial charge >= 0.3 is 5.97 Å². The van der Waals surface area contributed by atoms with Crippen LogP contribution in [0.25, 0.3) is 6.08 Å². The Morgan fingerprint density at radius 2 is 2.06 bits per heavy atom. The number of hydrogen-bond donors (Lipinski definition) is 2. The third-order valence-electron chi connectivity index (χ3n) is 2.53. The molecule has 0 amide bonds. The van der Waals surface area contributed by atoms with E-state index in [1.54, 1.807) is 13.0 Å². The second kappa shape index (κ2) is 5.30. The number of Topliss-reactive ketones (excluding diaryl/α,β-unsaturated/α-hetero) is 1. The fourth-order valence-electron chi connectivity index (χ4n) is 1.48. The third-order valence-corrected chi connectivity index (χ3v) is 2.53. The SMILES string of the molecule is CC/C=C\c1ccc(C(=O)C(=O)O)c(N)c1C. The summed E-state index contributed by atoms with van der Waals surface area (Å²) in [5.74, 6) is -2.47. The molecule has 0 bridgehead atoms. The molecule has 0 saturated heterocycles. The van der Waals surface area contributed by atoms with E-state index < -0.39 is 11.8 Å². The van der Waals surface area contributed by atoms with Gasteiger partial charge in [-0.3, -0.25) is 4.79 Å². The van der Waals surface area contributed by atoms with Crippen LogP contribution < -0.4 is 5.73 Å². The molecule has 0 aliphatic carbocycles. The van der Waals surface area contributed by atoms with Crippen molar-refractivity contribution in [3.05, 3.63) is 34.9 Å². The predicted octanol–water partition coefficient (Wildman–Crippen LogP) is 2.27. The number of carbonyl (C=O) groups is 2. The maximum Gasteiger partial charge on any atom is 0.377 e. The number of benzene rings is 1. The number of carbonyl (C=O) groups excluding carboxylic acids is 1. The van der Waals surface area contributed by atoms with Crippen molar-refractivity contribution in [1.82, 2.24) is 0 Å². The minimum Gasteiger partial charge on any atom is -0.475 e. The minimum absolute atomic E-state index is 0.0450. The Kier molecular flexibility index (Phi) is 4.04. The number of anilines is 1. The van der Waals surface area contributed by atoms with Gasteiger partial charge in [0.15, 0.2) is 0 Å². The normalized spacial score (nSPS) is 10.7. The number of nitrogens with two attached hydrogens (primary N) is 1. The molecule has 4 heteroatoms. The lowest BCUT2D eigenvalue weighted by atomic mass is 9.99. The molecule has 0 aromatic heterocycles. The lowest BCUT2D eigenvalue weighted by molar-refractivity contribution is -0.131. The molecule has 0 saturated carbocycles. The van der Waals surface area contributed by atoms with E-state index >= 15 is 0 Å². The van der Waals surface area contributed by atoms with Crippen LogP contribution in [0.15, 0.2) is 18.2 Å². The van der Waals surface area contributed by atoms with Gasteiger partial charge < -0.3 is 10.8 Å². The fraction of sp³-hybridized carbons (Fsp3) is 0.231. The minimum atomic E-state index is -1.49. The van der Waals surface area contributed by atoms with Crippen LogP contribution in [0.1, 0.15) is 34.8 Å². The average Bonchev–Trinajstić information content (AvgIpc) is 2.30. The monoisotopic (exact) mass is 233 g/mol. The molecule has 0 aliphatic heterocycles. The highest BCUT2D eigenvalue weighted by Crippen LogP contribution is 2.22. The summed E-state index contributed by atoms with van der Waals surface area (Å²) in [6, 6.07) is 3.15. The number of carboxylic acid groups (broad SMARTS) is 1. The molecular formula is C13H15NO3. The van der Waals surface area contributed by atoms with Crippen LogP contribution in [-0.2, 0) is 4.79 Å². The zero-order chi connectivity index (χ0) is 13.0. The molecule has 1 aromatic rings. The van der Waals surface area contributed by atoms with Gasteiger partial charge in [0.05, 0.1) is 5.56 Å². The van der Waals surface area contributed by atoms with Crippen molar-refractivity contribution >= 4 is 23.5 Å². The largest absolute Gasteiger partial charge is 0.475 e. The molecular weight excluding hydrogens is 218 g/mol. The number of ketones is 1. The maximum absolute atomic E-state index is 11.3. The Labute approximate surface area is 99.8 Å². The zero-order valence-corrected chi connectivity index (χ0v) is 9.86. The lowest BCUT2D eigenvalue weighted by Crippen LogP contribution is -2.15. The number of nitrogen functional groups attached to an aromatic ring is 1. The number of rotatable bonds is 4. The third kappa shape index (κ3) is 2.72. The highest BCUT2D eigenvalue weighted by atomic mass is 16.4. The van der Waals surface area contributed by atoms with Gasteiger partial charge in [0.25, 0.3) is 5.78 Å². The second-order valence-electron chi connectivity index (χ2n) is 3.69. The van der Waals surface area contributed by atoms with Crippen LogP contribution in [0.2, 0.25) is 0 Å². The molecule has 17 heavy (non-hydrogen) atoms. The standard InChI is InChI=1S/C13H15NO3/c1-3-4-5-9-6-7-10(11(14)8(9)2)12(15)13(16)17/h4-7H,3,14H2,1-2H3,(H,16,17)/b5-4-. The quantitative estimate of drug-likeness (QED) is 0.475. The topological polar surface area (TPSA) is 80.4 Å². The maximum atomic E-state index is 11.3. The van der Waals surface area contributed by atoms with Gasteiger partial charge in [-0.15, -0.1) is 0 Å². The predicted molar refractivity (Wildman–Crippen MR) is 66.9 cm³/mol. The molecule has 0 heterocycles. The molecule has 0 aliphatic rings. The van der Waals surface area contributed by atoms with E-state index in [-0.39, 0.29) is 11.3 Å². The Balaban J connectivity index is 3.24. The lowest BCUT2D eigenvalue weighted by Gasteiger charge is -2.08. The molecule has 1 rings (SSSR count). The summed E-state index contributed by atoms with van der Waals surface area (Å²) in [4.78, 5) is 21.9. The highest BCUT2D eigenvalue weighted by Gasteiger charge is 2.18. The van der Waals surface area contributed by atoms with Crippen molar-refractivity contribution < 1.29 is 14.7 Å². The Bertz CT molecular complexity index is 490. The van der Waals surface area contributed by atoms with E-state index in [9.17, 15) is 9.59 Å². The van der Waals surface area contributed by atoms with E-state index in [0.29, 0.717) is 0 Å². The first-order valence-corrected chi connectivity index (χ1v) is 5.32. The van der Waals surface area contributed by atoms with Gasteiger partial charge in [-0.25, -0.2) is 4.79 Å². The van der Waals surface area contributed by atoms with Crippen molar-refractivity contribution in [2.75, 3.05) is 5.73 Å². The van der Waals surface area contributed by atoms with Crippen LogP contribution in [0, 0.1) is 6.92 Å². The fourth-order valence-corrected chi connectivity index (χ4v) is 1.48. The van der Waals surface area contributed by atoms with Crippen LogP contribution in [0.5, 0.6) is 0 Å². The highest BCUT2D eigenvalue weighted by molar-refractivity contribution is 6.41. The first-order chi connectivity index (χ1) is 7.99. The summed E-state index contributed by atoms with van der Waals surface area (Å²) in [5.41, 5.74) is 7.67. The summed E-state index contributed by atoms with van der Waals surface area (Å²) in [6.45, 7) is 3.78. The van der Waals surface area contributed by atoms with Crippen LogP contribution >= 0.6 is 0 Å². The van der Waals surface area contributed by atoms with Gasteiger partial charge in [0.2, 0.25) is 0 Å². The molecule has 4 nitrogen and oxygen atoms in total. The summed E-state index contributed by atoms with van der Waals surface area (Å²) in [5, 5.41) is 8.64. The molecule has 0 atom stereocenters. The number of allylic oxidation sites excluding steroid dienone is 1.